The summed E-state index contributed by atoms with van der Waals surface area (Å²) in [6.45, 7) is 1.70. The van der Waals surface area contributed by atoms with Gasteiger partial charge in [0.15, 0.2) is 11.6 Å². The van der Waals surface area contributed by atoms with Crippen LogP contribution in [-0.2, 0) is 13.1 Å². The fourth-order valence-electron chi connectivity index (χ4n) is 2.22. The smallest absolute Gasteiger partial charge is 0.318 e. The number of aromatic nitrogens is 1. The van der Waals surface area contributed by atoms with Gasteiger partial charge in [0.1, 0.15) is 0 Å². The van der Waals surface area contributed by atoms with Crippen LogP contribution in [0.5, 0.6) is 0 Å². The van der Waals surface area contributed by atoms with E-state index < -0.39 is 11.6 Å². The van der Waals surface area contributed by atoms with Gasteiger partial charge < -0.3 is 15.1 Å². The molecule has 1 aromatic heterocycles. The predicted octanol–water partition coefficient (Wildman–Crippen LogP) is 2.63. The van der Waals surface area contributed by atoms with Crippen LogP contribution in [-0.4, -0.2) is 48.0 Å². The highest BCUT2D eigenvalue weighted by molar-refractivity contribution is 5.74. The molecule has 0 radical (unpaired) electrons. The molecule has 0 bridgehead atoms. The van der Waals surface area contributed by atoms with Crippen molar-refractivity contribution >= 4 is 6.03 Å². The Morgan fingerprint density at radius 3 is 2.40 bits per heavy atom. The first-order chi connectivity index (χ1) is 12.0. The van der Waals surface area contributed by atoms with Gasteiger partial charge in [0.05, 0.1) is 0 Å². The molecule has 0 spiro atoms. The third kappa shape index (κ3) is 6.11. The third-order valence-electron chi connectivity index (χ3n) is 3.65. The summed E-state index contributed by atoms with van der Waals surface area (Å²) in [5.41, 5.74) is 1.47. The van der Waals surface area contributed by atoms with Crippen molar-refractivity contribution in [2.24, 2.45) is 0 Å². The molecule has 0 atom stereocenters. The van der Waals surface area contributed by atoms with Crippen molar-refractivity contribution in [1.29, 1.82) is 0 Å². The van der Waals surface area contributed by atoms with Crippen LogP contribution in [0.25, 0.3) is 0 Å². The van der Waals surface area contributed by atoms with Gasteiger partial charge >= 0.3 is 6.03 Å². The Labute approximate surface area is 146 Å². The quantitative estimate of drug-likeness (QED) is 0.837. The summed E-state index contributed by atoms with van der Waals surface area (Å²) < 4.78 is 26.5. The molecule has 2 rings (SSSR count). The Morgan fingerprint density at radius 1 is 1.04 bits per heavy atom. The summed E-state index contributed by atoms with van der Waals surface area (Å²) in [6, 6.07) is 7.05. The normalized spacial score (nSPS) is 10.8. The van der Waals surface area contributed by atoms with Crippen molar-refractivity contribution in [2.45, 2.75) is 13.1 Å². The van der Waals surface area contributed by atoms with Gasteiger partial charge in [0.2, 0.25) is 0 Å². The largest absolute Gasteiger partial charge is 0.334 e. The van der Waals surface area contributed by atoms with Crippen molar-refractivity contribution < 1.29 is 13.6 Å². The van der Waals surface area contributed by atoms with Crippen molar-refractivity contribution in [1.82, 2.24) is 20.1 Å². The van der Waals surface area contributed by atoms with Gasteiger partial charge in [-0.2, -0.15) is 0 Å². The molecule has 1 N–H and O–H groups in total. The Hall–Kier alpha value is -2.54. The van der Waals surface area contributed by atoms with Gasteiger partial charge in [0.25, 0.3) is 0 Å². The lowest BCUT2D eigenvalue weighted by Gasteiger charge is -2.25. The molecular formula is C18H22F2N4O. The van der Waals surface area contributed by atoms with Crippen LogP contribution in [0.15, 0.2) is 42.7 Å². The second-order valence-electron chi connectivity index (χ2n) is 5.99. The maximum absolute atomic E-state index is 13.4. The van der Waals surface area contributed by atoms with Crippen molar-refractivity contribution in [3.63, 3.8) is 0 Å². The molecule has 7 heteroatoms. The van der Waals surface area contributed by atoms with Gasteiger partial charge in [0, 0.05) is 38.6 Å². The zero-order valence-corrected chi connectivity index (χ0v) is 14.4. The lowest BCUT2D eigenvalue weighted by Crippen LogP contribution is -2.42. The molecule has 0 unspecified atom stereocenters. The van der Waals surface area contributed by atoms with E-state index in [0.29, 0.717) is 25.2 Å². The van der Waals surface area contributed by atoms with Crippen molar-refractivity contribution in [3.8, 4) is 0 Å². The van der Waals surface area contributed by atoms with Crippen molar-refractivity contribution in [3.05, 3.63) is 65.5 Å². The molecule has 25 heavy (non-hydrogen) atoms. The zero-order valence-electron chi connectivity index (χ0n) is 14.4. The number of urea groups is 1. The minimum Gasteiger partial charge on any atom is -0.334 e. The Bertz CT molecular complexity index is 695. The Morgan fingerprint density at radius 2 is 1.76 bits per heavy atom. The Balaban J connectivity index is 2.02. The lowest BCUT2D eigenvalue weighted by atomic mass is 10.2. The molecule has 0 aliphatic rings. The topological polar surface area (TPSA) is 48.5 Å². The standard InChI is InChI=1S/C18H22F2N4O/c1-23(2)9-10-24(13-15-3-4-16(19)17(20)11-15)18(25)22-12-14-5-7-21-8-6-14/h3-8,11H,9-10,12-13H2,1-2H3,(H,22,25). The van der Waals surface area contributed by atoms with E-state index in [9.17, 15) is 13.6 Å². The molecule has 0 aliphatic heterocycles. The zero-order chi connectivity index (χ0) is 18.2. The fraction of sp³-hybridized carbons (Fsp3) is 0.333. The number of benzene rings is 1. The number of hydrogen-bond acceptors (Lipinski definition) is 3. The van der Waals surface area contributed by atoms with E-state index in [1.807, 2.05) is 31.1 Å². The van der Waals surface area contributed by atoms with Gasteiger partial charge in [-0.25, -0.2) is 13.6 Å². The number of nitrogens with zero attached hydrogens (tertiary/aromatic N) is 3. The molecule has 1 heterocycles. The summed E-state index contributed by atoms with van der Waals surface area (Å²) in [5.74, 6) is -1.81. The number of carbonyl (C=O) groups excluding carboxylic acids is 1. The number of nitrogens with one attached hydrogen (secondary N) is 1. The van der Waals surface area contributed by atoms with Crippen LogP contribution < -0.4 is 5.32 Å². The summed E-state index contributed by atoms with van der Waals surface area (Å²) in [6.07, 6.45) is 3.32. The van der Waals surface area contributed by atoms with E-state index >= 15 is 0 Å². The van der Waals surface area contributed by atoms with Gasteiger partial charge in [-0.3, -0.25) is 4.98 Å². The molecule has 0 fully saturated rings. The number of rotatable bonds is 7. The summed E-state index contributed by atoms with van der Waals surface area (Å²) >= 11 is 0. The van der Waals surface area contributed by atoms with Crippen LogP contribution in [0.4, 0.5) is 13.6 Å². The molecule has 5 nitrogen and oxygen atoms in total. The molecule has 0 aliphatic carbocycles. The lowest BCUT2D eigenvalue weighted by molar-refractivity contribution is 0.188. The molecular weight excluding hydrogens is 326 g/mol. The minimum atomic E-state index is -0.915. The second kappa shape index (κ2) is 9.08. The summed E-state index contributed by atoms with van der Waals surface area (Å²) in [4.78, 5) is 20.0. The maximum Gasteiger partial charge on any atom is 0.318 e. The molecule has 2 amide bonds. The average molecular weight is 348 g/mol. The molecule has 0 saturated heterocycles. The number of halogens is 2. The van der Waals surface area contributed by atoms with E-state index in [4.69, 9.17) is 0 Å². The van der Waals surface area contributed by atoms with E-state index in [1.165, 1.54) is 6.07 Å². The fourth-order valence-corrected chi connectivity index (χ4v) is 2.22. The molecule has 134 valence electrons. The third-order valence-corrected chi connectivity index (χ3v) is 3.65. The van der Waals surface area contributed by atoms with Gasteiger partial charge in [-0.05, 0) is 49.5 Å². The van der Waals surface area contributed by atoms with E-state index in [0.717, 1.165) is 17.7 Å². The number of likely N-dealkylation sites (N-methyl/N-ethyl adjacent to an activating group) is 1. The summed E-state index contributed by atoms with van der Waals surface area (Å²) in [5, 5.41) is 2.84. The van der Waals surface area contributed by atoms with E-state index in [-0.39, 0.29) is 12.6 Å². The monoisotopic (exact) mass is 348 g/mol. The van der Waals surface area contributed by atoms with Crippen LogP contribution in [0.2, 0.25) is 0 Å². The summed E-state index contributed by atoms with van der Waals surface area (Å²) in [7, 11) is 3.81. The van der Waals surface area contributed by atoms with E-state index in [2.05, 4.69) is 10.3 Å². The Kier molecular flexibility index (Phi) is 6.82. The molecule has 0 saturated carbocycles. The first-order valence-electron chi connectivity index (χ1n) is 7.96. The second-order valence-corrected chi connectivity index (χ2v) is 5.99. The van der Waals surface area contributed by atoms with E-state index in [1.54, 1.807) is 17.3 Å². The highest BCUT2D eigenvalue weighted by Gasteiger charge is 2.15. The number of amides is 2. The molecule has 2 aromatic rings. The number of pyridine rings is 1. The highest BCUT2D eigenvalue weighted by Crippen LogP contribution is 2.11. The number of hydrogen-bond donors (Lipinski definition) is 1. The van der Waals surface area contributed by atoms with Gasteiger partial charge in [-0.1, -0.05) is 6.07 Å². The van der Waals surface area contributed by atoms with Crippen LogP contribution >= 0.6 is 0 Å². The van der Waals surface area contributed by atoms with Crippen LogP contribution in [0.1, 0.15) is 11.1 Å². The first-order valence-corrected chi connectivity index (χ1v) is 7.96. The maximum atomic E-state index is 13.4. The first kappa shape index (κ1) is 18.8. The number of carbonyl (C=O) groups is 1. The predicted molar refractivity (Wildman–Crippen MR) is 91.8 cm³/mol. The van der Waals surface area contributed by atoms with Crippen molar-refractivity contribution in [2.75, 3.05) is 27.2 Å². The van der Waals surface area contributed by atoms with Crippen LogP contribution in [0, 0.1) is 11.6 Å². The highest BCUT2D eigenvalue weighted by atomic mass is 19.2. The minimum absolute atomic E-state index is 0.202. The van der Waals surface area contributed by atoms with Crippen LogP contribution in [0.3, 0.4) is 0 Å². The average Bonchev–Trinajstić information content (AvgIpc) is 2.60. The van der Waals surface area contributed by atoms with Gasteiger partial charge in [-0.15, -0.1) is 0 Å². The SMILES string of the molecule is CN(C)CCN(Cc1ccc(F)c(F)c1)C(=O)NCc1ccncc1. The molecule has 1 aromatic carbocycles.